The topological polar surface area (TPSA) is 46.6 Å². The Kier molecular flexibility index (Phi) is 2.99. The summed E-state index contributed by atoms with van der Waals surface area (Å²) in [7, 11) is 0. The van der Waals surface area contributed by atoms with Crippen LogP contribution in [-0.2, 0) is 14.3 Å². The van der Waals surface area contributed by atoms with Crippen molar-refractivity contribution in [3.8, 4) is 0 Å². The van der Waals surface area contributed by atoms with Crippen molar-refractivity contribution >= 4 is 11.9 Å². The highest BCUT2D eigenvalue weighted by atomic mass is 16.5. The van der Waals surface area contributed by atoms with E-state index in [2.05, 4.69) is 0 Å². The van der Waals surface area contributed by atoms with Gasteiger partial charge >= 0.3 is 5.97 Å². The summed E-state index contributed by atoms with van der Waals surface area (Å²) in [6, 6.07) is 0. The van der Waals surface area contributed by atoms with Gasteiger partial charge in [-0.15, -0.1) is 0 Å². The van der Waals surface area contributed by atoms with Crippen LogP contribution in [0.3, 0.4) is 0 Å². The number of hydrogen-bond donors (Lipinski definition) is 0. The van der Waals surface area contributed by atoms with Gasteiger partial charge in [-0.3, -0.25) is 4.79 Å². The Morgan fingerprint density at radius 2 is 2.38 bits per heavy atom. The van der Waals surface area contributed by atoms with Crippen molar-refractivity contribution < 1.29 is 14.3 Å². The van der Waals surface area contributed by atoms with Gasteiger partial charge < -0.3 is 9.64 Å². The molecule has 0 aromatic heterocycles. The molecule has 0 aromatic carbocycles. The summed E-state index contributed by atoms with van der Waals surface area (Å²) in [5, 5.41) is 0. The minimum atomic E-state index is -0.733. The van der Waals surface area contributed by atoms with Gasteiger partial charge in [0, 0.05) is 19.0 Å². The van der Waals surface area contributed by atoms with Crippen LogP contribution in [0.15, 0.2) is 12.3 Å². The van der Waals surface area contributed by atoms with Crippen LogP contribution >= 0.6 is 0 Å². The molecule has 0 unspecified atom stereocenters. The first-order chi connectivity index (χ1) is 7.70. The molecule has 16 heavy (non-hydrogen) atoms. The van der Waals surface area contributed by atoms with Gasteiger partial charge in [0.05, 0.1) is 6.61 Å². The van der Waals surface area contributed by atoms with Gasteiger partial charge in [0.1, 0.15) is 5.54 Å². The van der Waals surface area contributed by atoms with Gasteiger partial charge in [-0.1, -0.05) is 6.08 Å². The molecule has 4 nitrogen and oxygen atoms in total. The van der Waals surface area contributed by atoms with Crippen LogP contribution in [0.4, 0.5) is 0 Å². The third kappa shape index (κ3) is 1.62. The molecule has 0 aliphatic carbocycles. The second-order valence-corrected chi connectivity index (χ2v) is 4.31. The fraction of sp³-hybridized carbons (Fsp3) is 0.667. The number of ether oxygens (including phenoxy) is 1. The lowest BCUT2D eigenvalue weighted by Gasteiger charge is -2.34. The third-order valence-corrected chi connectivity index (χ3v) is 3.33. The van der Waals surface area contributed by atoms with Crippen LogP contribution in [0.5, 0.6) is 0 Å². The van der Waals surface area contributed by atoms with Gasteiger partial charge in [0.2, 0.25) is 5.91 Å². The molecule has 1 saturated heterocycles. The first-order valence-corrected chi connectivity index (χ1v) is 5.87. The van der Waals surface area contributed by atoms with Crippen molar-refractivity contribution in [1.82, 2.24) is 4.90 Å². The average Bonchev–Trinajstić information content (AvgIpc) is 2.63. The van der Waals surface area contributed by atoms with E-state index in [0.29, 0.717) is 25.9 Å². The van der Waals surface area contributed by atoms with Gasteiger partial charge in [-0.2, -0.15) is 0 Å². The van der Waals surface area contributed by atoms with E-state index in [9.17, 15) is 9.59 Å². The number of carbonyl (C=O) groups excluding carboxylic acids is 2. The number of esters is 1. The summed E-state index contributed by atoms with van der Waals surface area (Å²) in [5.74, 6) is -0.213. The molecule has 0 bridgehead atoms. The summed E-state index contributed by atoms with van der Waals surface area (Å²) in [5.41, 5.74) is -0.733. The van der Waals surface area contributed by atoms with Crippen molar-refractivity contribution in [3.05, 3.63) is 12.3 Å². The molecule has 4 heteroatoms. The maximum Gasteiger partial charge on any atom is 0.332 e. The maximum absolute atomic E-state index is 12.0. The lowest BCUT2D eigenvalue weighted by Crippen LogP contribution is -2.51. The van der Waals surface area contributed by atoms with E-state index in [1.54, 1.807) is 18.0 Å². The van der Waals surface area contributed by atoms with E-state index >= 15 is 0 Å². The predicted octanol–water partition coefficient (Wildman–Crippen LogP) is 1.61. The molecule has 2 rings (SSSR count). The summed E-state index contributed by atoms with van der Waals surface area (Å²) < 4.78 is 5.12. The van der Waals surface area contributed by atoms with Crippen molar-refractivity contribution in [1.29, 1.82) is 0 Å². The van der Waals surface area contributed by atoms with Gasteiger partial charge in [0.15, 0.2) is 0 Å². The molecule has 0 spiro atoms. The molecule has 0 saturated carbocycles. The normalized spacial score (nSPS) is 28.8. The molecular formula is C12H17NO3. The molecule has 0 aromatic rings. The summed E-state index contributed by atoms with van der Waals surface area (Å²) in [6.07, 6.45) is 7.24. The highest BCUT2D eigenvalue weighted by Gasteiger charge is 2.49. The predicted molar refractivity (Wildman–Crippen MR) is 58.4 cm³/mol. The van der Waals surface area contributed by atoms with E-state index in [4.69, 9.17) is 4.74 Å². The molecule has 1 fully saturated rings. The highest BCUT2D eigenvalue weighted by molar-refractivity contribution is 5.90. The molecular weight excluding hydrogens is 206 g/mol. The van der Waals surface area contributed by atoms with Gasteiger partial charge in [-0.05, 0) is 26.2 Å². The molecule has 0 radical (unpaired) electrons. The Hall–Kier alpha value is -1.32. The van der Waals surface area contributed by atoms with E-state index < -0.39 is 5.54 Å². The highest BCUT2D eigenvalue weighted by Crippen LogP contribution is 2.36. The van der Waals surface area contributed by atoms with Crippen molar-refractivity contribution in [2.75, 3.05) is 6.61 Å². The lowest BCUT2D eigenvalue weighted by molar-refractivity contribution is -0.160. The first-order valence-electron chi connectivity index (χ1n) is 5.87. The Morgan fingerprint density at radius 3 is 3.12 bits per heavy atom. The Bertz CT molecular complexity index is 337. The van der Waals surface area contributed by atoms with Gasteiger partial charge in [-0.25, -0.2) is 4.79 Å². The van der Waals surface area contributed by atoms with Crippen molar-refractivity contribution in [2.24, 2.45) is 0 Å². The van der Waals surface area contributed by atoms with Crippen LogP contribution in [-0.4, -0.2) is 28.9 Å². The molecule has 2 aliphatic heterocycles. The zero-order valence-corrected chi connectivity index (χ0v) is 9.57. The first kappa shape index (κ1) is 11.2. The fourth-order valence-electron chi connectivity index (χ4n) is 2.50. The minimum Gasteiger partial charge on any atom is -0.464 e. The minimum absolute atomic E-state index is 0.0410. The van der Waals surface area contributed by atoms with Crippen molar-refractivity contribution in [2.45, 2.75) is 44.6 Å². The Balaban J connectivity index is 2.28. The third-order valence-electron chi connectivity index (χ3n) is 3.33. The molecule has 2 heterocycles. The number of rotatable bonds is 2. The molecule has 0 N–H and O–H groups in total. The van der Waals surface area contributed by atoms with Crippen LogP contribution in [0, 0.1) is 0 Å². The number of nitrogens with zero attached hydrogens (tertiary/aromatic N) is 1. The number of hydrogen-bond acceptors (Lipinski definition) is 3. The Labute approximate surface area is 95.2 Å². The average molecular weight is 223 g/mol. The monoisotopic (exact) mass is 223 g/mol. The summed E-state index contributed by atoms with van der Waals surface area (Å²) >= 11 is 0. The Morgan fingerprint density at radius 1 is 1.56 bits per heavy atom. The van der Waals surface area contributed by atoms with Crippen LogP contribution in [0.25, 0.3) is 0 Å². The largest absolute Gasteiger partial charge is 0.464 e. The smallest absolute Gasteiger partial charge is 0.332 e. The second kappa shape index (κ2) is 4.28. The van der Waals surface area contributed by atoms with E-state index in [-0.39, 0.29) is 11.9 Å². The summed E-state index contributed by atoms with van der Waals surface area (Å²) in [4.78, 5) is 25.5. The van der Waals surface area contributed by atoms with Gasteiger partial charge in [0.25, 0.3) is 0 Å². The van der Waals surface area contributed by atoms with Crippen LogP contribution < -0.4 is 0 Å². The molecule has 2 aliphatic rings. The van der Waals surface area contributed by atoms with Crippen molar-refractivity contribution in [3.63, 3.8) is 0 Å². The van der Waals surface area contributed by atoms with Crippen LogP contribution in [0.1, 0.15) is 39.0 Å². The van der Waals surface area contributed by atoms with E-state index in [1.165, 1.54) is 0 Å². The second-order valence-electron chi connectivity index (χ2n) is 4.31. The standard InChI is InChI=1S/C12H17NO3/c1-2-16-11(15)12-7-4-3-6-10(14)13(12)9-5-8-12/h5,9H,2-4,6-8H2,1H3/t12-/m1/s1. The molecule has 1 amide bonds. The summed E-state index contributed by atoms with van der Waals surface area (Å²) in [6.45, 7) is 2.16. The lowest BCUT2D eigenvalue weighted by atomic mass is 9.90. The SMILES string of the molecule is CCOC(=O)[C@@]12CC=CN1C(=O)CCCC2. The van der Waals surface area contributed by atoms with E-state index in [0.717, 1.165) is 12.8 Å². The number of amides is 1. The molecule has 88 valence electrons. The zero-order chi connectivity index (χ0) is 11.6. The number of fused-ring (bicyclic) bond motifs is 1. The van der Waals surface area contributed by atoms with Crippen LogP contribution in [0.2, 0.25) is 0 Å². The quantitative estimate of drug-likeness (QED) is 0.668. The number of carbonyl (C=O) groups is 2. The molecule has 1 atom stereocenters. The maximum atomic E-state index is 12.0. The zero-order valence-electron chi connectivity index (χ0n) is 9.57. The van der Waals surface area contributed by atoms with E-state index in [1.807, 2.05) is 6.08 Å². The fourth-order valence-corrected chi connectivity index (χ4v) is 2.50.